The lowest BCUT2D eigenvalue weighted by molar-refractivity contribution is -0.142. The highest BCUT2D eigenvalue weighted by Gasteiger charge is 2.35. The highest BCUT2D eigenvalue weighted by atomic mass is 127. The lowest BCUT2D eigenvalue weighted by Crippen LogP contribution is -2.58. The Balaban J connectivity index is 1.68. The average Bonchev–Trinajstić information content (AvgIpc) is 3.08. The van der Waals surface area contributed by atoms with Crippen molar-refractivity contribution >= 4 is 68.9 Å². The Morgan fingerprint density at radius 1 is 0.860 bits per heavy atom. The number of carbonyl (C=O) groups excluding carboxylic acids is 5. The fourth-order valence-corrected chi connectivity index (χ4v) is 6.39. The smallest absolute Gasteiger partial charge is 0.245 e. The van der Waals surface area contributed by atoms with Gasteiger partial charge in [-0.3, -0.25) is 29.0 Å². The lowest BCUT2D eigenvalue weighted by atomic mass is 10.0. The number of nitrogens with one attached hydrogen (secondary N) is 4. The van der Waals surface area contributed by atoms with Crippen LogP contribution < -0.4 is 32.7 Å². The Morgan fingerprint density at radius 3 is 2.22 bits per heavy atom. The van der Waals surface area contributed by atoms with Gasteiger partial charge in [0.2, 0.25) is 29.5 Å². The van der Waals surface area contributed by atoms with Crippen LogP contribution in [0, 0.1) is 3.57 Å². The molecule has 4 atom stereocenters. The normalized spacial score (nSPS) is 20.9. The Labute approximate surface area is 303 Å². The number of nitrogens with zero attached hydrogens (tertiary/aromatic N) is 2. The molecule has 0 aliphatic carbocycles. The third-order valence-corrected chi connectivity index (χ3v) is 9.34. The van der Waals surface area contributed by atoms with Gasteiger partial charge in [-0.2, -0.15) is 0 Å². The number of fused-ring (bicyclic) bond motifs is 1. The third kappa shape index (κ3) is 10.3. The number of hydrogen-bond acceptors (Lipinski definition) is 7. The molecule has 0 saturated carbocycles. The van der Waals surface area contributed by atoms with Crippen molar-refractivity contribution in [2.24, 2.45) is 16.5 Å². The summed E-state index contributed by atoms with van der Waals surface area (Å²) < 4.78 is 0.558. The molecule has 0 radical (unpaired) electrons. The first-order chi connectivity index (χ1) is 23.9. The molecule has 0 aromatic heterocycles. The van der Waals surface area contributed by atoms with Gasteiger partial charge in [-0.1, -0.05) is 55.5 Å². The van der Waals surface area contributed by atoms with Crippen molar-refractivity contribution in [2.75, 3.05) is 20.1 Å². The zero-order chi connectivity index (χ0) is 36.4. The van der Waals surface area contributed by atoms with Crippen LogP contribution in [0.5, 0.6) is 5.75 Å². The third-order valence-electron chi connectivity index (χ3n) is 8.48. The van der Waals surface area contributed by atoms with Gasteiger partial charge in [0, 0.05) is 26.4 Å². The van der Waals surface area contributed by atoms with Gasteiger partial charge >= 0.3 is 0 Å². The second kappa shape index (κ2) is 17.6. The number of phenolic OH excluding ortho intramolecular Hbond substituents is 1. The number of carbonyl (C=O) groups is 5. The van der Waals surface area contributed by atoms with Crippen LogP contribution in [-0.2, 0) is 36.8 Å². The predicted octanol–water partition coefficient (Wildman–Crippen LogP) is 0.810. The highest BCUT2D eigenvalue weighted by Crippen LogP contribution is 2.22. The molecule has 1 aliphatic heterocycles. The monoisotopic (exact) mass is 798 g/mol. The maximum atomic E-state index is 13.9. The van der Waals surface area contributed by atoms with Crippen molar-refractivity contribution in [2.45, 2.75) is 63.2 Å². The SMILES string of the molecule is CC[C@@H]1C(=O)N[C@@H](CCCN=C(N)N)C(=O)N[C@@H](Cc2ccc3ccccc3c2)C(=O)NCC(=O)N[C@H](Cc2ccc(O)c(I)c2)C(=O)N1C. The van der Waals surface area contributed by atoms with Crippen LogP contribution in [0.15, 0.2) is 65.7 Å². The van der Waals surface area contributed by atoms with E-state index in [1.54, 1.807) is 19.1 Å². The molecule has 1 saturated heterocycles. The van der Waals surface area contributed by atoms with E-state index in [1.807, 2.05) is 65.1 Å². The minimum atomic E-state index is -1.11. The Kier molecular flexibility index (Phi) is 13.4. The summed E-state index contributed by atoms with van der Waals surface area (Å²) in [5.74, 6) is -3.05. The number of aromatic hydroxyl groups is 1. The van der Waals surface area contributed by atoms with Crippen molar-refractivity contribution in [1.29, 1.82) is 0 Å². The maximum absolute atomic E-state index is 13.9. The number of benzene rings is 3. The summed E-state index contributed by atoms with van der Waals surface area (Å²) in [6.07, 6.45) is 0.817. The molecule has 15 heteroatoms. The van der Waals surface area contributed by atoms with Gasteiger partial charge in [0.15, 0.2) is 5.96 Å². The van der Waals surface area contributed by atoms with E-state index >= 15 is 0 Å². The minimum Gasteiger partial charge on any atom is -0.507 e. The molecule has 0 bridgehead atoms. The number of aliphatic imine (C=N–C) groups is 1. The van der Waals surface area contributed by atoms with Gasteiger partial charge < -0.3 is 42.7 Å². The quantitative estimate of drug-likeness (QED) is 0.0709. The molecule has 1 aliphatic rings. The van der Waals surface area contributed by atoms with Crippen molar-refractivity contribution in [3.8, 4) is 5.75 Å². The van der Waals surface area contributed by atoms with E-state index in [9.17, 15) is 29.1 Å². The summed E-state index contributed by atoms with van der Waals surface area (Å²) >= 11 is 1.96. The van der Waals surface area contributed by atoms with E-state index < -0.39 is 60.2 Å². The summed E-state index contributed by atoms with van der Waals surface area (Å²) in [7, 11) is 1.46. The molecule has 266 valence electrons. The van der Waals surface area contributed by atoms with Gasteiger partial charge in [0.1, 0.15) is 29.9 Å². The topological polar surface area (TPSA) is 221 Å². The molecule has 9 N–H and O–H groups in total. The van der Waals surface area contributed by atoms with Crippen LogP contribution >= 0.6 is 22.6 Å². The van der Waals surface area contributed by atoms with Crippen LogP contribution in [0.3, 0.4) is 0 Å². The molecule has 4 rings (SSSR count). The number of hydrogen-bond donors (Lipinski definition) is 7. The van der Waals surface area contributed by atoms with E-state index in [-0.39, 0.29) is 43.9 Å². The number of amides is 5. The van der Waals surface area contributed by atoms with Crippen molar-refractivity contribution in [3.63, 3.8) is 0 Å². The van der Waals surface area contributed by atoms with E-state index in [4.69, 9.17) is 11.5 Å². The van der Waals surface area contributed by atoms with Gasteiger partial charge in [-0.05, 0) is 75.9 Å². The lowest BCUT2D eigenvalue weighted by Gasteiger charge is -2.31. The first kappa shape index (κ1) is 37.9. The van der Waals surface area contributed by atoms with Crippen molar-refractivity contribution in [1.82, 2.24) is 26.2 Å². The number of rotatable bonds is 9. The van der Waals surface area contributed by atoms with E-state index in [0.29, 0.717) is 15.6 Å². The Hall–Kier alpha value is -4.93. The summed E-state index contributed by atoms with van der Waals surface area (Å²) in [5.41, 5.74) is 12.3. The second-order valence-corrected chi connectivity index (χ2v) is 13.3. The molecule has 5 amide bonds. The number of likely N-dealkylation sites (N-methyl/N-ethyl adjacent to an activating group) is 1. The minimum absolute atomic E-state index is 0.0508. The zero-order valence-electron chi connectivity index (χ0n) is 27.9. The summed E-state index contributed by atoms with van der Waals surface area (Å²) in [5, 5.41) is 22.8. The number of phenols is 1. The van der Waals surface area contributed by atoms with Crippen molar-refractivity contribution in [3.05, 3.63) is 75.4 Å². The molecule has 3 aromatic carbocycles. The molecule has 3 aromatic rings. The summed E-state index contributed by atoms with van der Waals surface area (Å²) in [6.45, 7) is 1.46. The number of guanidine groups is 1. The van der Waals surface area contributed by atoms with Gasteiger partial charge in [0.05, 0.1) is 10.1 Å². The number of halogens is 1. The Bertz CT molecular complexity index is 1760. The first-order valence-corrected chi connectivity index (χ1v) is 17.4. The molecule has 1 heterocycles. The first-order valence-electron chi connectivity index (χ1n) is 16.3. The maximum Gasteiger partial charge on any atom is 0.245 e. The van der Waals surface area contributed by atoms with Crippen LogP contribution in [0.2, 0.25) is 0 Å². The average molecular weight is 799 g/mol. The Morgan fingerprint density at radius 2 is 1.52 bits per heavy atom. The molecule has 14 nitrogen and oxygen atoms in total. The van der Waals surface area contributed by atoms with Gasteiger partial charge in [-0.25, -0.2) is 0 Å². The largest absolute Gasteiger partial charge is 0.507 e. The molecule has 50 heavy (non-hydrogen) atoms. The van der Waals surface area contributed by atoms with Crippen LogP contribution in [0.25, 0.3) is 10.8 Å². The van der Waals surface area contributed by atoms with E-state index in [0.717, 1.165) is 16.3 Å². The van der Waals surface area contributed by atoms with E-state index in [1.165, 1.54) is 18.0 Å². The number of nitrogens with two attached hydrogens (primary N) is 2. The van der Waals surface area contributed by atoms with Gasteiger partial charge in [-0.15, -0.1) is 0 Å². The fourth-order valence-electron chi connectivity index (χ4n) is 5.81. The fraction of sp³-hybridized carbons (Fsp3) is 0.371. The molecule has 0 unspecified atom stereocenters. The van der Waals surface area contributed by atoms with Crippen LogP contribution in [-0.4, -0.2) is 89.8 Å². The molecule has 1 fully saturated rings. The zero-order valence-corrected chi connectivity index (χ0v) is 30.1. The highest BCUT2D eigenvalue weighted by molar-refractivity contribution is 14.1. The summed E-state index contributed by atoms with van der Waals surface area (Å²) in [4.78, 5) is 73.6. The van der Waals surface area contributed by atoms with Crippen LogP contribution in [0.1, 0.15) is 37.3 Å². The van der Waals surface area contributed by atoms with Gasteiger partial charge in [0.25, 0.3) is 0 Å². The van der Waals surface area contributed by atoms with Crippen LogP contribution in [0.4, 0.5) is 0 Å². The van der Waals surface area contributed by atoms with E-state index in [2.05, 4.69) is 26.3 Å². The molecule has 0 spiro atoms. The molecular formula is C35H43IN8O6. The summed E-state index contributed by atoms with van der Waals surface area (Å²) in [6, 6.07) is 14.0. The second-order valence-electron chi connectivity index (χ2n) is 12.2. The predicted molar refractivity (Wildman–Crippen MR) is 198 cm³/mol. The van der Waals surface area contributed by atoms with Crippen molar-refractivity contribution < 1.29 is 29.1 Å². The molecular weight excluding hydrogens is 755 g/mol. The standard InChI is InChI=1S/C35H43IN8O6/c1-3-28-33(49)42-25(9-6-14-39-35(37)38)32(48)43-26(17-20-10-12-22-7-4-5-8-23(22)15-20)31(47)40-19-30(46)41-27(34(50)44(28)2)18-21-11-13-29(45)24(36)16-21/h4-5,7-8,10-13,15-16,25-28,45H,3,6,9,14,17-19H2,1-2H3,(H,40,47)(H,41,46)(H,42,49)(H,43,48)(H4,37,38,39)/t25-,26-,27+,28+/m0/s1.